The summed E-state index contributed by atoms with van der Waals surface area (Å²) < 4.78 is 0. The van der Waals surface area contributed by atoms with E-state index in [-0.39, 0.29) is 5.57 Å². The molecule has 0 aliphatic carbocycles. The zero-order valence-electron chi connectivity index (χ0n) is 12.6. The molecular weight excluding hydrogens is 365 g/mol. The molecule has 7 heteroatoms. The Morgan fingerprint density at radius 2 is 1.96 bits per heavy atom. The van der Waals surface area contributed by atoms with E-state index in [1.165, 1.54) is 12.3 Å². The Bertz CT molecular complexity index is 831. The van der Waals surface area contributed by atoms with Crippen LogP contribution in [-0.4, -0.2) is 12.2 Å². The number of halogens is 2. The fourth-order valence-electron chi connectivity index (χ4n) is 1.79. The number of nitrogens with zero attached hydrogens (tertiary/aromatic N) is 1. The second-order valence-electron chi connectivity index (χ2n) is 4.63. The number of rotatable bonds is 5. The monoisotopic (exact) mass is 377 g/mol. The van der Waals surface area contributed by atoms with Gasteiger partial charge in [-0.1, -0.05) is 29.3 Å². The van der Waals surface area contributed by atoms with Crippen molar-refractivity contribution in [1.29, 1.82) is 5.26 Å². The normalized spacial score (nSPS) is 10.8. The van der Waals surface area contributed by atoms with Crippen LogP contribution in [0.25, 0.3) is 0 Å². The molecule has 2 aromatic carbocycles. The summed E-state index contributed by atoms with van der Waals surface area (Å²) in [5.74, 6) is -0.538. The summed E-state index contributed by atoms with van der Waals surface area (Å²) in [5, 5.41) is 15.4. The lowest BCUT2D eigenvalue weighted by atomic mass is 10.2. The van der Waals surface area contributed by atoms with Gasteiger partial charge >= 0.3 is 0 Å². The van der Waals surface area contributed by atoms with E-state index in [1.54, 1.807) is 23.9 Å². The van der Waals surface area contributed by atoms with Crippen molar-refractivity contribution in [2.45, 2.75) is 4.90 Å². The van der Waals surface area contributed by atoms with Crippen molar-refractivity contribution in [2.24, 2.45) is 0 Å². The van der Waals surface area contributed by atoms with Gasteiger partial charge in [-0.25, -0.2) is 0 Å². The minimum atomic E-state index is -0.538. The Labute approximate surface area is 154 Å². The van der Waals surface area contributed by atoms with Crippen molar-refractivity contribution in [3.05, 3.63) is 64.3 Å². The highest BCUT2D eigenvalue weighted by Gasteiger charge is 2.10. The van der Waals surface area contributed by atoms with Gasteiger partial charge in [0.15, 0.2) is 0 Å². The Morgan fingerprint density at radius 3 is 2.62 bits per heavy atom. The highest BCUT2D eigenvalue weighted by atomic mass is 35.5. The number of anilines is 2. The topological polar surface area (TPSA) is 64.9 Å². The molecule has 0 atom stereocenters. The number of amides is 1. The lowest BCUT2D eigenvalue weighted by molar-refractivity contribution is -0.112. The second-order valence-corrected chi connectivity index (χ2v) is 6.32. The summed E-state index contributed by atoms with van der Waals surface area (Å²) in [6.45, 7) is 0. The van der Waals surface area contributed by atoms with Crippen molar-refractivity contribution in [2.75, 3.05) is 16.9 Å². The molecule has 4 nitrogen and oxygen atoms in total. The molecule has 2 rings (SSSR count). The van der Waals surface area contributed by atoms with Crippen LogP contribution in [0, 0.1) is 11.3 Å². The molecule has 0 heterocycles. The maximum atomic E-state index is 12.2. The third-order valence-corrected chi connectivity index (χ3v) is 4.46. The summed E-state index contributed by atoms with van der Waals surface area (Å²) in [5.41, 5.74) is 1.19. The molecule has 0 aliphatic rings. The minimum Gasteiger partial charge on any atom is -0.360 e. The highest BCUT2D eigenvalue weighted by molar-refractivity contribution is 7.98. The number of nitriles is 1. The Hall–Kier alpha value is -2.13. The van der Waals surface area contributed by atoms with Crippen LogP contribution >= 0.6 is 35.0 Å². The van der Waals surface area contributed by atoms with Gasteiger partial charge in [-0.2, -0.15) is 5.26 Å². The number of carbonyl (C=O) groups is 1. The van der Waals surface area contributed by atoms with E-state index in [0.717, 1.165) is 10.6 Å². The molecule has 122 valence electrons. The van der Waals surface area contributed by atoms with Crippen molar-refractivity contribution in [3.63, 3.8) is 0 Å². The predicted molar refractivity (Wildman–Crippen MR) is 101 cm³/mol. The molecule has 0 aromatic heterocycles. The molecule has 0 bridgehead atoms. The number of thioether (sulfide) groups is 1. The van der Waals surface area contributed by atoms with Crippen LogP contribution in [0.5, 0.6) is 0 Å². The van der Waals surface area contributed by atoms with Gasteiger partial charge in [0.25, 0.3) is 5.91 Å². The van der Waals surface area contributed by atoms with E-state index < -0.39 is 5.91 Å². The van der Waals surface area contributed by atoms with E-state index in [2.05, 4.69) is 10.6 Å². The van der Waals surface area contributed by atoms with Crippen molar-refractivity contribution < 1.29 is 4.79 Å². The molecule has 0 fully saturated rings. The van der Waals surface area contributed by atoms with E-state index in [0.29, 0.717) is 15.7 Å². The zero-order valence-corrected chi connectivity index (χ0v) is 15.0. The molecule has 2 N–H and O–H groups in total. The van der Waals surface area contributed by atoms with Gasteiger partial charge in [-0.3, -0.25) is 4.79 Å². The SMILES string of the molecule is CSc1cccc(N/C=C(/C#N)C(=O)Nc2ccc(Cl)c(Cl)c2)c1. The summed E-state index contributed by atoms with van der Waals surface area (Å²) in [4.78, 5) is 13.2. The van der Waals surface area contributed by atoms with E-state index >= 15 is 0 Å². The van der Waals surface area contributed by atoms with Gasteiger partial charge in [-0.05, 0) is 42.7 Å². The highest BCUT2D eigenvalue weighted by Crippen LogP contribution is 2.25. The van der Waals surface area contributed by atoms with Crippen molar-refractivity contribution >= 4 is 52.2 Å². The standard InChI is InChI=1S/C17H13Cl2N3OS/c1-24-14-4-2-3-12(7-14)21-10-11(9-20)17(23)22-13-5-6-15(18)16(19)8-13/h2-8,10,21H,1H3,(H,22,23)/b11-10-. The first-order chi connectivity index (χ1) is 11.5. The van der Waals surface area contributed by atoms with Crippen LogP contribution in [0.15, 0.2) is 59.1 Å². The van der Waals surface area contributed by atoms with Gasteiger partial charge in [0.05, 0.1) is 10.0 Å². The van der Waals surface area contributed by atoms with Gasteiger partial charge in [0.2, 0.25) is 0 Å². The Morgan fingerprint density at radius 1 is 1.17 bits per heavy atom. The first kappa shape index (κ1) is 18.2. The molecule has 2 aromatic rings. The van der Waals surface area contributed by atoms with Crippen molar-refractivity contribution in [1.82, 2.24) is 0 Å². The molecule has 0 unspecified atom stereocenters. The molecule has 0 radical (unpaired) electrons. The average molecular weight is 378 g/mol. The lowest BCUT2D eigenvalue weighted by Gasteiger charge is -2.07. The van der Waals surface area contributed by atoms with Gasteiger partial charge in [0, 0.05) is 22.5 Å². The van der Waals surface area contributed by atoms with Crippen LogP contribution in [0.3, 0.4) is 0 Å². The molecule has 0 saturated heterocycles. The van der Waals surface area contributed by atoms with Crippen LogP contribution in [-0.2, 0) is 4.79 Å². The molecule has 24 heavy (non-hydrogen) atoms. The number of carbonyl (C=O) groups excluding carboxylic acids is 1. The van der Waals surface area contributed by atoms with Gasteiger partial charge in [-0.15, -0.1) is 11.8 Å². The van der Waals surface area contributed by atoms with Gasteiger partial charge in [0.1, 0.15) is 11.6 Å². The first-order valence-electron chi connectivity index (χ1n) is 6.80. The van der Waals surface area contributed by atoms with Gasteiger partial charge < -0.3 is 10.6 Å². The third kappa shape index (κ3) is 4.93. The summed E-state index contributed by atoms with van der Waals surface area (Å²) in [6, 6.07) is 14.2. The van der Waals surface area contributed by atoms with E-state index in [9.17, 15) is 10.1 Å². The number of nitrogens with one attached hydrogen (secondary N) is 2. The predicted octanol–water partition coefficient (Wildman–Crippen LogP) is 5.17. The lowest BCUT2D eigenvalue weighted by Crippen LogP contribution is -2.14. The average Bonchev–Trinajstić information content (AvgIpc) is 2.59. The summed E-state index contributed by atoms with van der Waals surface area (Å²) >= 11 is 13.3. The molecule has 0 aliphatic heterocycles. The Balaban J connectivity index is 2.10. The van der Waals surface area contributed by atoms with Crippen LogP contribution in [0.1, 0.15) is 0 Å². The number of benzene rings is 2. The fraction of sp³-hybridized carbons (Fsp3) is 0.0588. The Kier molecular flexibility index (Phi) is 6.56. The molecule has 0 spiro atoms. The summed E-state index contributed by atoms with van der Waals surface area (Å²) in [7, 11) is 0. The quantitative estimate of drug-likeness (QED) is 0.428. The van der Waals surface area contributed by atoms with Crippen LogP contribution in [0.2, 0.25) is 10.0 Å². The van der Waals surface area contributed by atoms with Crippen LogP contribution in [0.4, 0.5) is 11.4 Å². The van der Waals surface area contributed by atoms with E-state index in [1.807, 2.05) is 36.6 Å². The largest absolute Gasteiger partial charge is 0.360 e. The van der Waals surface area contributed by atoms with E-state index in [4.69, 9.17) is 23.2 Å². The zero-order chi connectivity index (χ0) is 17.5. The fourth-order valence-corrected chi connectivity index (χ4v) is 2.55. The maximum Gasteiger partial charge on any atom is 0.267 e. The molecular formula is C17H13Cl2N3OS. The third-order valence-electron chi connectivity index (χ3n) is 3.00. The van der Waals surface area contributed by atoms with Crippen molar-refractivity contribution in [3.8, 4) is 6.07 Å². The molecule has 1 amide bonds. The maximum absolute atomic E-state index is 12.2. The smallest absolute Gasteiger partial charge is 0.267 e. The van der Waals surface area contributed by atoms with Crippen LogP contribution < -0.4 is 10.6 Å². The number of hydrogen-bond acceptors (Lipinski definition) is 4. The minimum absolute atomic E-state index is 0.0596. The first-order valence-corrected chi connectivity index (χ1v) is 8.79. The summed E-state index contributed by atoms with van der Waals surface area (Å²) in [6.07, 6.45) is 3.34. The number of hydrogen-bond donors (Lipinski definition) is 2. The second kappa shape index (κ2) is 8.65. The molecule has 0 saturated carbocycles.